The molecule has 0 atom stereocenters. The lowest BCUT2D eigenvalue weighted by Crippen LogP contribution is -2.07. The smallest absolute Gasteiger partial charge is 0.184 e. The zero-order valence-electron chi connectivity index (χ0n) is 7.99. The Morgan fingerprint density at radius 2 is 2.00 bits per heavy atom. The average molecular weight is 259 g/mol. The van der Waals surface area contributed by atoms with E-state index in [1.54, 1.807) is 12.1 Å². The number of carbonyl (C=O) groups is 1. The van der Waals surface area contributed by atoms with Crippen molar-refractivity contribution >= 4 is 22.2 Å². The molecule has 76 valence electrons. The molecular weight excluding hydrogens is 248 g/mol. The number of carbonyl (C=O) groups excluding carboxylic acids is 1. The summed E-state index contributed by atoms with van der Waals surface area (Å²) in [5.74, 6) is 0. The molecule has 1 aromatic carbocycles. The maximum Gasteiger partial charge on any atom is 0.184 e. The van der Waals surface area contributed by atoms with Gasteiger partial charge in [0.15, 0.2) is 12.6 Å². The molecule has 0 spiro atoms. The third-order valence-corrected chi connectivity index (χ3v) is 2.57. The van der Waals surface area contributed by atoms with Gasteiger partial charge in [0.2, 0.25) is 0 Å². The van der Waals surface area contributed by atoms with Gasteiger partial charge in [0.25, 0.3) is 0 Å². The van der Waals surface area contributed by atoms with E-state index in [0.717, 1.165) is 10.8 Å². The summed E-state index contributed by atoms with van der Waals surface area (Å²) >= 11 is 3.35. The number of methoxy groups -OCH3 is 2. The van der Waals surface area contributed by atoms with Gasteiger partial charge in [0.05, 0.1) is 0 Å². The normalized spacial score (nSPS) is 10.6. The molecule has 0 N–H and O–H groups in total. The Kier molecular flexibility index (Phi) is 4.25. The van der Waals surface area contributed by atoms with Crippen LogP contribution in [-0.2, 0) is 9.47 Å². The topological polar surface area (TPSA) is 35.5 Å². The van der Waals surface area contributed by atoms with Crippen molar-refractivity contribution in [3.05, 3.63) is 33.8 Å². The molecule has 4 heteroatoms. The fourth-order valence-electron chi connectivity index (χ4n) is 1.24. The van der Waals surface area contributed by atoms with E-state index < -0.39 is 6.29 Å². The minimum Gasteiger partial charge on any atom is -0.352 e. The molecule has 0 saturated heterocycles. The molecule has 14 heavy (non-hydrogen) atoms. The summed E-state index contributed by atoms with van der Waals surface area (Å²) in [6, 6.07) is 5.35. The molecule has 0 amide bonds. The number of benzene rings is 1. The van der Waals surface area contributed by atoms with Crippen molar-refractivity contribution in [2.24, 2.45) is 0 Å². The number of hydrogen-bond acceptors (Lipinski definition) is 3. The van der Waals surface area contributed by atoms with Crippen LogP contribution >= 0.6 is 15.9 Å². The number of ether oxygens (including phenoxy) is 2. The van der Waals surface area contributed by atoms with Crippen LogP contribution in [0.2, 0.25) is 0 Å². The van der Waals surface area contributed by atoms with Crippen molar-refractivity contribution in [3.8, 4) is 0 Å². The van der Waals surface area contributed by atoms with Crippen LogP contribution in [0.3, 0.4) is 0 Å². The van der Waals surface area contributed by atoms with Crippen LogP contribution in [0.5, 0.6) is 0 Å². The van der Waals surface area contributed by atoms with Crippen LogP contribution < -0.4 is 0 Å². The summed E-state index contributed by atoms with van der Waals surface area (Å²) in [5, 5.41) is 0. The molecule has 0 saturated carbocycles. The van der Waals surface area contributed by atoms with E-state index >= 15 is 0 Å². The number of rotatable bonds is 4. The Labute approximate surface area is 91.1 Å². The molecule has 0 aliphatic rings. The summed E-state index contributed by atoms with van der Waals surface area (Å²) < 4.78 is 11.0. The molecular formula is C10H11BrO3. The van der Waals surface area contributed by atoms with Gasteiger partial charge in [-0.25, -0.2) is 0 Å². The first-order valence-corrected chi connectivity index (χ1v) is 4.83. The van der Waals surface area contributed by atoms with Gasteiger partial charge in [0.1, 0.15) is 0 Å². The molecule has 1 rings (SSSR count). The Bertz CT molecular complexity index is 321. The first-order valence-electron chi connectivity index (χ1n) is 4.03. The van der Waals surface area contributed by atoms with Crippen molar-refractivity contribution in [2.45, 2.75) is 6.29 Å². The molecule has 0 heterocycles. The van der Waals surface area contributed by atoms with E-state index in [1.807, 2.05) is 6.07 Å². The highest BCUT2D eigenvalue weighted by molar-refractivity contribution is 9.10. The van der Waals surface area contributed by atoms with Crippen molar-refractivity contribution in [3.63, 3.8) is 0 Å². The minimum atomic E-state index is -0.522. The van der Waals surface area contributed by atoms with Gasteiger partial charge in [0, 0.05) is 29.8 Å². The molecule has 3 nitrogen and oxygen atoms in total. The fraction of sp³-hybridized carbons (Fsp3) is 0.300. The van der Waals surface area contributed by atoms with E-state index in [1.165, 1.54) is 14.2 Å². The van der Waals surface area contributed by atoms with E-state index in [-0.39, 0.29) is 0 Å². The monoisotopic (exact) mass is 258 g/mol. The summed E-state index contributed by atoms with van der Waals surface area (Å²) in [7, 11) is 3.06. The van der Waals surface area contributed by atoms with Gasteiger partial charge in [-0.05, 0) is 6.07 Å². The Balaban J connectivity index is 3.21. The van der Waals surface area contributed by atoms with Gasteiger partial charge >= 0.3 is 0 Å². The van der Waals surface area contributed by atoms with Crippen LogP contribution in [0.1, 0.15) is 22.2 Å². The van der Waals surface area contributed by atoms with E-state index in [0.29, 0.717) is 11.1 Å². The van der Waals surface area contributed by atoms with Crippen LogP contribution in [0, 0.1) is 0 Å². The van der Waals surface area contributed by atoms with Crippen LogP contribution in [0.4, 0.5) is 0 Å². The third-order valence-electron chi connectivity index (χ3n) is 1.88. The van der Waals surface area contributed by atoms with Crippen LogP contribution in [0.25, 0.3) is 0 Å². The maximum atomic E-state index is 10.8. The van der Waals surface area contributed by atoms with Crippen molar-refractivity contribution < 1.29 is 14.3 Å². The third kappa shape index (κ3) is 2.20. The Hall–Kier alpha value is -0.710. The zero-order valence-corrected chi connectivity index (χ0v) is 9.58. The van der Waals surface area contributed by atoms with Crippen LogP contribution in [-0.4, -0.2) is 20.5 Å². The molecule has 0 aliphatic heterocycles. The van der Waals surface area contributed by atoms with Crippen molar-refractivity contribution in [1.82, 2.24) is 0 Å². The summed E-state index contributed by atoms with van der Waals surface area (Å²) in [6.45, 7) is 0. The lowest BCUT2D eigenvalue weighted by atomic mass is 10.1. The van der Waals surface area contributed by atoms with E-state index in [9.17, 15) is 4.79 Å². The highest BCUT2D eigenvalue weighted by Gasteiger charge is 2.16. The average Bonchev–Trinajstić information content (AvgIpc) is 2.22. The minimum absolute atomic E-state index is 0.522. The predicted octanol–water partition coefficient (Wildman–Crippen LogP) is 2.55. The Morgan fingerprint density at radius 1 is 1.36 bits per heavy atom. The van der Waals surface area contributed by atoms with E-state index in [2.05, 4.69) is 15.9 Å². The highest BCUT2D eigenvalue weighted by atomic mass is 79.9. The van der Waals surface area contributed by atoms with Crippen molar-refractivity contribution in [1.29, 1.82) is 0 Å². The Morgan fingerprint density at radius 3 is 2.50 bits per heavy atom. The number of hydrogen-bond donors (Lipinski definition) is 0. The second-order valence-corrected chi connectivity index (χ2v) is 3.52. The van der Waals surface area contributed by atoms with Gasteiger partial charge in [-0.1, -0.05) is 28.1 Å². The molecule has 1 aromatic rings. The first-order chi connectivity index (χ1) is 6.74. The molecule has 0 fully saturated rings. The first kappa shape index (κ1) is 11.4. The number of aldehydes is 1. The largest absolute Gasteiger partial charge is 0.352 e. The SMILES string of the molecule is COC(OC)c1c(Br)cccc1C=O. The standard InChI is InChI=1S/C10H11BrO3/c1-13-10(14-2)9-7(6-12)4-3-5-8(9)11/h3-6,10H,1-2H3. The summed E-state index contributed by atoms with van der Waals surface area (Å²) in [5.41, 5.74) is 1.28. The molecule has 0 bridgehead atoms. The maximum absolute atomic E-state index is 10.8. The predicted molar refractivity (Wildman–Crippen MR) is 56.3 cm³/mol. The van der Waals surface area contributed by atoms with Gasteiger partial charge in [-0.15, -0.1) is 0 Å². The summed E-state index contributed by atoms with van der Waals surface area (Å²) in [6.07, 6.45) is 0.260. The molecule has 0 aromatic heterocycles. The second kappa shape index (κ2) is 5.24. The van der Waals surface area contributed by atoms with Gasteiger partial charge in [-0.3, -0.25) is 4.79 Å². The second-order valence-electron chi connectivity index (χ2n) is 2.66. The lowest BCUT2D eigenvalue weighted by Gasteiger charge is -2.16. The molecule has 0 radical (unpaired) electrons. The van der Waals surface area contributed by atoms with E-state index in [4.69, 9.17) is 9.47 Å². The van der Waals surface area contributed by atoms with Crippen molar-refractivity contribution in [2.75, 3.05) is 14.2 Å². The summed E-state index contributed by atoms with van der Waals surface area (Å²) in [4.78, 5) is 10.8. The molecule has 0 aliphatic carbocycles. The quantitative estimate of drug-likeness (QED) is 0.615. The fourth-order valence-corrected chi connectivity index (χ4v) is 1.81. The highest BCUT2D eigenvalue weighted by Crippen LogP contribution is 2.28. The van der Waals surface area contributed by atoms with Gasteiger partial charge < -0.3 is 9.47 Å². The number of halogens is 1. The zero-order chi connectivity index (χ0) is 10.6. The van der Waals surface area contributed by atoms with Gasteiger partial charge in [-0.2, -0.15) is 0 Å². The molecule has 0 unspecified atom stereocenters. The van der Waals surface area contributed by atoms with Crippen LogP contribution in [0.15, 0.2) is 22.7 Å². The lowest BCUT2D eigenvalue weighted by molar-refractivity contribution is -0.106.